The zero-order valence-electron chi connectivity index (χ0n) is 11.9. The normalized spacial score (nSPS) is 28.9. The summed E-state index contributed by atoms with van der Waals surface area (Å²) in [5.74, 6) is 1.32. The monoisotopic (exact) mass is 285 g/mol. The molecular formula is C16H19N3O2. The van der Waals surface area contributed by atoms with E-state index in [9.17, 15) is 5.11 Å². The summed E-state index contributed by atoms with van der Waals surface area (Å²) in [7, 11) is 0. The van der Waals surface area contributed by atoms with Gasteiger partial charge in [0.05, 0.1) is 12.6 Å². The second kappa shape index (κ2) is 5.24. The van der Waals surface area contributed by atoms with E-state index in [0.717, 1.165) is 18.4 Å². The Bertz CT molecular complexity index is 599. The van der Waals surface area contributed by atoms with Crippen LogP contribution in [0.5, 0.6) is 0 Å². The summed E-state index contributed by atoms with van der Waals surface area (Å²) in [5.41, 5.74) is 0.976. The van der Waals surface area contributed by atoms with E-state index >= 15 is 0 Å². The molecule has 2 aliphatic heterocycles. The van der Waals surface area contributed by atoms with Crippen molar-refractivity contribution >= 4 is 0 Å². The van der Waals surface area contributed by atoms with Gasteiger partial charge in [0.25, 0.3) is 0 Å². The quantitative estimate of drug-likeness (QED) is 0.937. The highest BCUT2D eigenvalue weighted by Crippen LogP contribution is 2.36. The molecule has 21 heavy (non-hydrogen) atoms. The van der Waals surface area contributed by atoms with Crippen LogP contribution in [0.3, 0.4) is 0 Å². The number of aromatic nitrogens is 2. The van der Waals surface area contributed by atoms with Crippen LogP contribution in [0.25, 0.3) is 11.4 Å². The fraction of sp³-hybridized carbons (Fsp3) is 0.500. The molecule has 2 unspecified atom stereocenters. The van der Waals surface area contributed by atoms with Gasteiger partial charge in [0.1, 0.15) is 0 Å². The van der Waals surface area contributed by atoms with E-state index < -0.39 is 0 Å². The molecule has 0 spiro atoms. The molecule has 3 heterocycles. The Morgan fingerprint density at radius 3 is 2.57 bits per heavy atom. The topological polar surface area (TPSA) is 62.4 Å². The van der Waals surface area contributed by atoms with Gasteiger partial charge < -0.3 is 9.63 Å². The number of hydrogen-bond donors (Lipinski definition) is 1. The van der Waals surface area contributed by atoms with Gasteiger partial charge in [-0.05, 0) is 25.7 Å². The first-order chi connectivity index (χ1) is 10.3. The van der Waals surface area contributed by atoms with Crippen LogP contribution in [0, 0.1) is 0 Å². The summed E-state index contributed by atoms with van der Waals surface area (Å²) < 4.78 is 5.41. The van der Waals surface area contributed by atoms with Gasteiger partial charge in [0.15, 0.2) is 0 Å². The lowest BCUT2D eigenvalue weighted by Gasteiger charge is -2.36. The number of nitrogens with zero attached hydrogens (tertiary/aromatic N) is 3. The summed E-state index contributed by atoms with van der Waals surface area (Å²) in [6.45, 7) is 0.696. The van der Waals surface area contributed by atoms with Crippen LogP contribution < -0.4 is 0 Å². The molecule has 0 radical (unpaired) electrons. The highest BCUT2D eigenvalue weighted by molar-refractivity contribution is 5.53. The highest BCUT2D eigenvalue weighted by atomic mass is 16.5. The lowest BCUT2D eigenvalue weighted by atomic mass is 10.00. The molecule has 4 rings (SSSR count). The molecule has 2 bridgehead atoms. The Morgan fingerprint density at radius 2 is 1.86 bits per heavy atom. The van der Waals surface area contributed by atoms with Crippen LogP contribution in [-0.4, -0.2) is 38.3 Å². The second-order valence-corrected chi connectivity index (χ2v) is 6.06. The molecule has 2 atom stereocenters. The Morgan fingerprint density at radius 1 is 1.14 bits per heavy atom. The first kappa shape index (κ1) is 13.0. The van der Waals surface area contributed by atoms with Crippen molar-refractivity contribution in [3.63, 3.8) is 0 Å². The van der Waals surface area contributed by atoms with Gasteiger partial charge >= 0.3 is 0 Å². The SMILES string of the molecule is OC1CC2CCC(C1)N2Cc1nc(-c2ccccc2)no1. The first-order valence-corrected chi connectivity index (χ1v) is 7.61. The minimum absolute atomic E-state index is 0.138. The fourth-order valence-electron chi connectivity index (χ4n) is 3.68. The number of aliphatic hydroxyl groups is 1. The summed E-state index contributed by atoms with van der Waals surface area (Å²) in [4.78, 5) is 6.93. The van der Waals surface area contributed by atoms with Crippen molar-refractivity contribution in [1.82, 2.24) is 15.0 Å². The molecule has 1 aromatic carbocycles. The lowest BCUT2D eigenvalue weighted by Crippen LogP contribution is -2.44. The Labute approximate surface area is 123 Å². The molecule has 110 valence electrons. The lowest BCUT2D eigenvalue weighted by molar-refractivity contribution is 0.0256. The van der Waals surface area contributed by atoms with E-state index in [-0.39, 0.29) is 6.10 Å². The standard InChI is InChI=1S/C16H19N3O2/c20-14-8-12-6-7-13(9-14)19(12)10-15-17-16(18-21-15)11-4-2-1-3-5-11/h1-5,12-14,20H,6-10H2. The maximum Gasteiger partial charge on any atom is 0.241 e. The van der Waals surface area contributed by atoms with Crippen LogP contribution in [0.15, 0.2) is 34.9 Å². The van der Waals surface area contributed by atoms with E-state index in [1.165, 1.54) is 12.8 Å². The van der Waals surface area contributed by atoms with Crippen molar-refractivity contribution in [2.75, 3.05) is 0 Å². The Balaban J connectivity index is 1.50. The number of piperidine rings is 1. The van der Waals surface area contributed by atoms with Gasteiger partial charge in [0, 0.05) is 17.6 Å². The zero-order chi connectivity index (χ0) is 14.2. The van der Waals surface area contributed by atoms with Gasteiger partial charge in [-0.15, -0.1) is 0 Å². The van der Waals surface area contributed by atoms with Crippen molar-refractivity contribution < 1.29 is 9.63 Å². The minimum Gasteiger partial charge on any atom is -0.393 e. The Hall–Kier alpha value is -1.72. The van der Waals surface area contributed by atoms with Crippen LogP contribution in [0.1, 0.15) is 31.6 Å². The molecule has 1 aromatic heterocycles. The van der Waals surface area contributed by atoms with Gasteiger partial charge in [0.2, 0.25) is 11.7 Å². The molecular weight excluding hydrogens is 266 g/mol. The number of fused-ring (bicyclic) bond motifs is 2. The third-order valence-electron chi connectivity index (χ3n) is 4.68. The van der Waals surface area contributed by atoms with Crippen molar-refractivity contribution in [3.05, 3.63) is 36.2 Å². The van der Waals surface area contributed by atoms with Gasteiger partial charge in [-0.1, -0.05) is 35.5 Å². The predicted octanol–water partition coefficient (Wildman–Crippen LogP) is 2.22. The van der Waals surface area contributed by atoms with E-state index in [1.807, 2.05) is 30.3 Å². The smallest absolute Gasteiger partial charge is 0.241 e. The van der Waals surface area contributed by atoms with E-state index in [0.29, 0.717) is 30.3 Å². The van der Waals surface area contributed by atoms with Gasteiger partial charge in [-0.25, -0.2) is 0 Å². The van der Waals surface area contributed by atoms with Crippen molar-refractivity contribution in [2.45, 2.75) is 50.4 Å². The summed E-state index contributed by atoms with van der Waals surface area (Å²) >= 11 is 0. The molecule has 5 heteroatoms. The summed E-state index contributed by atoms with van der Waals surface area (Å²) in [5, 5.41) is 13.9. The van der Waals surface area contributed by atoms with Gasteiger partial charge in [-0.2, -0.15) is 4.98 Å². The highest BCUT2D eigenvalue weighted by Gasteiger charge is 2.40. The predicted molar refractivity (Wildman–Crippen MR) is 77.3 cm³/mol. The second-order valence-electron chi connectivity index (χ2n) is 6.06. The number of aliphatic hydroxyl groups excluding tert-OH is 1. The maximum atomic E-state index is 9.85. The number of hydrogen-bond acceptors (Lipinski definition) is 5. The fourth-order valence-corrected chi connectivity index (χ4v) is 3.68. The van der Waals surface area contributed by atoms with Crippen LogP contribution in [0.4, 0.5) is 0 Å². The molecule has 0 saturated carbocycles. The third-order valence-corrected chi connectivity index (χ3v) is 4.68. The van der Waals surface area contributed by atoms with E-state index in [4.69, 9.17) is 4.52 Å². The molecule has 2 aromatic rings. The van der Waals surface area contributed by atoms with Crippen molar-refractivity contribution in [2.24, 2.45) is 0 Å². The largest absolute Gasteiger partial charge is 0.393 e. The molecule has 1 N–H and O–H groups in total. The molecule has 2 fully saturated rings. The molecule has 0 aliphatic carbocycles. The van der Waals surface area contributed by atoms with Crippen LogP contribution in [0.2, 0.25) is 0 Å². The average Bonchev–Trinajstić information content (AvgIpc) is 3.05. The minimum atomic E-state index is -0.138. The summed E-state index contributed by atoms with van der Waals surface area (Å²) in [6.07, 6.45) is 3.94. The zero-order valence-corrected chi connectivity index (χ0v) is 11.9. The average molecular weight is 285 g/mol. The maximum absolute atomic E-state index is 9.85. The van der Waals surface area contributed by atoms with Crippen LogP contribution >= 0.6 is 0 Å². The first-order valence-electron chi connectivity index (χ1n) is 7.61. The van der Waals surface area contributed by atoms with E-state index in [2.05, 4.69) is 15.0 Å². The summed E-state index contributed by atoms with van der Waals surface area (Å²) in [6, 6.07) is 10.8. The van der Waals surface area contributed by atoms with Gasteiger partial charge in [-0.3, -0.25) is 4.90 Å². The molecule has 2 saturated heterocycles. The molecule has 0 amide bonds. The van der Waals surface area contributed by atoms with Crippen molar-refractivity contribution in [3.8, 4) is 11.4 Å². The Kier molecular flexibility index (Phi) is 3.24. The number of rotatable bonds is 3. The third kappa shape index (κ3) is 2.47. The number of benzene rings is 1. The van der Waals surface area contributed by atoms with Crippen LogP contribution in [-0.2, 0) is 6.54 Å². The molecule has 2 aliphatic rings. The van der Waals surface area contributed by atoms with Crippen molar-refractivity contribution in [1.29, 1.82) is 0 Å². The molecule has 5 nitrogen and oxygen atoms in total. The van der Waals surface area contributed by atoms with E-state index in [1.54, 1.807) is 0 Å².